The van der Waals surface area contributed by atoms with Crippen molar-refractivity contribution in [1.82, 2.24) is 9.78 Å². The van der Waals surface area contributed by atoms with Gasteiger partial charge in [0.15, 0.2) is 11.5 Å². The molecule has 2 aromatic rings. The summed E-state index contributed by atoms with van der Waals surface area (Å²) in [4.78, 5) is 12.6. The highest BCUT2D eigenvalue weighted by Gasteiger charge is 2.22. The normalized spacial score (nSPS) is 15.6. The highest BCUT2D eigenvalue weighted by molar-refractivity contribution is 6.07. The number of para-hydroxylation sites is 1. The highest BCUT2D eigenvalue weighted by atomic mass is 16.6. The van der Waals surface area contributed by atoms with E-state index >= 15 is 0 Å². The molecule has 2 aliphatic rings. The molecular weight excluding hydrogens is 284 g/mol. The molecule has 7 heteroatoms. The molecule has 0 saturated heterocycles. The molecule has 7 nitrogen and oxygen atoms in total. The van der Waals surface area contributed by atoms with Crippen LogP contribution in [-0.2, 0) is 6.54 Å². The number of fused-ring (bicyclic) bond motifs is 2. The molecule has 1 aromatic heterocycles. The molecule has 22 heavy (non-hydrogen) atoms. The van der Waals surface area contributed by atoms with E-state index in [9.17, 15) is 4.79 Å². The van der Waals surface area contributed by atoms with Gasteiger partial charge in [0, 0.05) is 13.1 Å². The number of ether oxygens (including phenoxy) is 2. The van der Waals surface area contributed by atoms with Gasteiger partial charge < -0.3 is 20.1 Å². The molecule has 0 unspecified atom stereocenters. The van der Waals surface area contributed by atoms with Gasteiger partial charge in [-0.3, -0.25) is 4.79 Å². The van der Waals surface area contributed by atoms with E-state index in [2.05, 4.69) is 15.7 Å². The number of nitrogens with zero attached hydrogens (tertiary/aromatic N) is 2. The lowest BCUT2D eigenvalue weighted by atomic mass is 10.1. The van der Waals surface area contributed by atoms with Gasteiger partial charge in [-0.2, -0.15) is 5.10 Å². The first-order chi connectivity index (χ1) is 10.8. The van der Waals surface area contributed by atoms with E-state index in [4.69, 9.17) is 9.47 Å². The first-order valence-electron chi connectivity index (χ1n) is 7.32. The SMILES string of the molecule is O=C(Nc1cnn2c1NCCC2)c1cccc2c1OCCO2. The first kappa shape index (κ1) is 13.0. The molecule has 0 spiro atoms. The van der Waals surface area contributed by atoms with Gasteiger partial charge in [0.2, 0.25) is 0 Å². The monoisotopic (exact) mass is 300 g/mol. The quantitative estimate of drug-likeness (QED) is 0.883. The minimum absolute atomic E-state index is 0.231. The number of aryl methyl sites for hydroxylation is 1. The number of amides is 1. The van der Waals surface area contributed by atoms with Gasteiger partial charge in [-0.15, -0.1) is 0 Å². The molecule has 0 fully saturated rings. The Bertz CT molecular complexity index is 726. The van der Waals surface area contributed by atoms with Gasteiger partial charge >= 0.3 is 0 Å². The summed E-state index contributed by atoms with van der Waals surface area (Å²) in [6, 6.07) is 5.31. The Labute approximate surface area is 127 Å². The van der Waals surface area contributed by atoms with Crippen molar-refractivity contribution < 1.29 is 14.3 Å². The number of nitrogens with one attached hydrogen (secondary N) is 2. The summed E-state index contributed by atoms with van der Waals surface area (Å²) in [5.74, 6) is 1.72. The van der Waals surface area contributed by atoms with Crippen LogP contribution in [0.25, 0.3) is 0 Å². The van der Waals surface area contributed by atoms with Crippen LogP contribution >= 0.6 is 0 Å². The van der Waals surface area contributed by atoms with Gasteiger partial charge in [0.05, 0.1) is 11.8 Å². The van der Waals surface area contributed by atoms with Crippen LogP contribution in [0.15, 0.2) is 24.4 Å². The largest absolute Gasteiger partial charge is 0.486 e. The summed E-state index contributed by atoms with van der Waals surface area (Å²) in [5, 5.41) is 10.4. The zero-order valence-corrected chi connectivity index (χ0v) is 12.0. The van der Waals surface area contributed by atoms with Crippen LogP contribution in [0.4, 0.5) is 11.5 Å². The predicted molar refractivity (Wildman–Crippen MR) is 80.7 cm³/mol. The lowest BCUT2D eigenvalue weighted by Gasteiger charge is -2.21. The van der Waals surface area contributed by atoms with Crippen molar-refractivity contribution in [2.75, 3.05) is 30.4 Å². The molecule has 2 aliphatic heterocycles. The molecule has 0 bridgehead atoms. The molecule has 0 saturated carbocycles. The fraction of sp³-hybridized carbons (Fsp3) is 0.333. The summed E-state index contributed by atoms with van der Waals surface area (Å²) in [7, 11) is 0. The fourth-order valence-electron chi connectivity index (χ4n) is 2.71. The molecule has 3 heterocycles. The lowest BCUT2D eigenvalue weighted by Crippen LogP contribution is -2.21. The minimum Gasteiger partial charge on any atom is -0.486 e. The van der Waals surface area contributed by atoms with Gasteiger partial charge in [-0.05, 0) is 18.6 Å². The number of rotatable bonds is 2. The fourth-order valence-corrected chi connectivity index (χ4v) is 2.71. The van der Waals surface area contributed by atoms with Crippen LogP contribution in [0.5, 0.6) is 11.5 Å². The highest BCUT2D eigenvalue weighted by Crippen LogP contribution is 2.34. The number of anilines is 2. The third kappa shape index (κ3) is 2.14. The Kier molecular flexibility index (Phi) is 3.10. The van der Waals surface area contributed by atoms with Crippen molar-refractivity contribution in [2.24, 2.45) is 0 Å². The number of carbonyl (C=O) groups is 1. The van der Waals surface area contributed by atoms with E-state index in [1.165, 1.54) is 0 Å². The molecule has 2 N–H and O–H groups in total. The van der Waals surface area contributed by atoms with Gasteiger partial charge in [-0.1, -0.05) is 6.07 Å². The lowest BCUT2D eigenvalue weighted by molar-refractivity contribution is 0.101. The molecule has 0 radical (unpaired) electrons. The van der Waals surface area contributed by atoms with Crippen LogP contribution < -0.4 is 20.1 Å². The molecule has 0 atom stereocenters. The van der Waals surface area contributed by atoms with E-state index in [0.29, 0.717) is 36.0 Å². The molecule has 1 aromatic carbocycles. The summed E-state index contributed by atoms with van der Waals surface area (Å²) in [6.07, 6.45) is 2.69. The summed E-state index contributed by atoms with van der Waals surface area (Å²) >= 11 is 0. The van der Waals surface area contributed by atoms with Crippen molar-refractivity contribution in [3.63, 3.8) is 0 Å². The maximum absolute atomic E-state index is 12.6. The molecule has 4 rings (SSSR count). The van der Waals surface area contributed by atoms with Crippen molar-refractivity contribution in [3.8, 4) is 11.5 Å². The summed E-state index contributed by atoms with van der Waals surface area (Å²) in [6.45, 7) is 2.68. The van der Waals surface area contributed by atoms with Gasteiger partial charge in [-0.25, -0.2) is 4.68 Å². The average Bonchev–Trinajstić information content (AvgIpc) is 2.97. The van der Waals surface area contributed by atoms with E-state index in [1.807, 2.05) is 4.68 Å². The van der Waals surface area contributed by atoms with Crippen LogP contribution in [-0.4, -0.2) is 35.4 Å². The van der Waals surface area contributed by atoms with Crippen LogP contribution in [0.3, 0.4) is 0 Å². The Hall–Kier alpha value is -2.70. The maximum atomic E-state index is 12.6. The minimum atomic E-state index is -0.231. The number of aromatic nitrogens is 2. The van der Waals surface area contributed by atoms with Crippen molar-refractivity contribution >= 4 is 17.4 Å². The van der Waals surface area contributed by atoms with Gasteiger partial charge in [0.25, 0.3) is 5.91 Å². The standard InChI is InChI=1S/C15H16N4O3/c20-15(10-3-1-4-12-13(10)22-8-7-21-12)18-11-9-17-19-6-2-5-16-14(11)19/h1,3-4,9,16H,2,5-8H2,(H,18,20). The zero-order chi connectivity index (χ0) is 14.9. The maximum Gasteiger partial charge on any atom is 0.259 e. The van der Waals surface area contributed by atoms with Crippen molar-refractivity contribution in [1.29, 1.82) is 0 Å². The Morgan fingerprint density at radius 1 is 1.32 bits per heavy atom. The van der Waals surface area contributed by atoms with E-state index in [1.54, 1.807) is 24.4 Å². The molecule has 114 valence electrons. The predicted octanol–water partition coefficient (Wildman–Crippen LogP) is 1.72. The molecule has 0 aliphatic carbocycles. The summed E-state index contributed by atoms with van der Waals surface area (Å²) in [5.41, 5.74) is 1.15. The van der Waals surface area contributed by atoms with Crippen LogP contribution in [0, 0.1) is 0 Å². The van der Waals surface area contributed by atoms with E-state index in [-0.39, 0.29) is 5.91 Å². The van der Waals surface area contributed by atoms with Crippen LogP contribution in [0.1, 0.15) is 16.8 Å². The molecule has 1 amide bonds. The van der Waals surface area contributed by atoms with E-state index in [0.717, 1.165) is 25.3 Å². The Morgan fingerprint density at radius 2 is 2.23 bits per heavy atom. The third-order valence-electron chi connectivity index (χ3n) is 3.74. The zero-order valence-electron chi connectivity index (χ0n) is 12.0. The number of hydrogen-bond donors (Lipinski definition) is 2. The van der Waals surface area contributed by atoms with Crippen molar-refractivity contribution in [2.45, 2.75) is 13.0 Å². The average molecular weight is 300 g/mol. The molecular formula is C15H16N4O3. The van der Waals surface area contributed by atoms with Gasteiger partial charge in [0.1, 0.15) is 24.7 Å². The smallest absolute Gasteiger partial charge is 0.259 e. The summed E-state index contributed by atoms with van der Waals surface area (Å²) < 4.78 is 13.0. The Balaban J connectivity index is 1.62. The van der Waals surface area contributed by atoms with Crippen LogP contribution in [0.2, 0.25) is 0 Å². The Morgan fingerprint density at radius 3 is 3.18 bits per heavy atom. The third-order valence-corrected chi connectivity index (χ3v) is 3.74. The van der Waals surface area contributed by atoms with Crippen molar-refractivity contribution in [3.05, 3.63) is 30.0 Å². The van der Waals surface area contributed by atoms with E-state index < -0.39 is 0 Å². The first-order valence-corrected chi connectivity index (χ1v) is 7.32. The topological polar surface area (TPSA) is 77.4 Å². The second kappa shape index (κ2) is 5.25. The second-order valence-corrected chi connectivity index (χ2v) is 5.19. The second-order valence-electron chi connectivity index (χ2n) is 5.19. The number of carbonyl (C=O) groups excluding carboxylic acids is 1. The number of benzene rings is 1. The number of hydrogen-bond acceptors (Lipinski definition) is 5.